The molecule has 0 aliphatic carbocycles. The Balaban J connectivity index is 1.42. The molecular formula is C24H24F3N5O. The fourth-order valence-corrected chi connectivity index (χ4v) is 5.94. The lowest BCUT2D eigenvalue weighted by Crippen LogP contribution is -2.50. The fraction of sp³-hybridized carbons (Fsp3) is 0.458. The van der Waals surface area contributed by atoms with Gasteiger partial charge < -0.3 is 4.90 Å². The maximum absolute atomic E-state index is 14.0. The van der Waals surface area contributed by atoms with Crippen LogP contribution in [0.5, 0.6) is 0 Å². The number of rotatable bonds is 2. The first-order valence-electron chi connectivity index (χ1n) is 11.5. The molecule has 0 spiro atoms. The Bertz CT molecular complexity index is 1260. The maximum atomic E-state index is 14.0. The van der Waals surface area contributed by atoms with Gasteiger partial charge in [0.05, 0.1) is 34.9 Å². The van der Waals surface area contributed by atoms with Crippen LogP contribution < -0.4 is 0 Å². The smallest absolute Gasteiger partial charge is 0.258 e. The number of piperidine rings is 1. The summed E-state index contributed by atoms with van der Waals surface area (Å²) in [6.07, 6.45) is 7.83. The number of halogens is 3. The lowest BCUT2D eigenvalue weighted by molar-refractivity contribution is 0.0390. The van der Waals surface area contributed by atoms with E-state index in [9.17, 15) is 18.0 Å². The Morgan fingerprint density at radius 3 is 2.67 bits per heavy atom. The van der Waals surface area contributed by atoms with E-state index < -0.39 is 17.5 Å². The number of carbonyl (C=O) groups excluding carboxylic acids is 1. The first-order chi connectivity index (χ1) is 15.9. The van der Waals surface area contributed by atoms with Gasteiger partial charge in [0.1, 0.15) is 0 Å². The average molecular weight is 455 g/mol. The van der Waals surface area contributed by atoms with E-state index in [0.29, 0.717) is 17.7 Å². The molecule has 0 saturated carbocycles. The number of amides is 1. The van der Waals surface area contributed by atoms with E-state index in [1.807, 2.05) is 9.58 Å². The molecule has 2 bridgehead atoms. The van der Waals surface area contributed by atoms with E-state index in [0.717, 1.165) is 74.2 Å². The van der Waals surface area contributed by atoms with E-state index in [2.05, 4.69) is 5.10 Å². The van der Waals surface area contributed by atoms with Crippen LogP contribution in [0, 0.1) is 17.5 Å². The largest absolute Gasteiger partial charge is 0.327 e. The average Bonchev–Trinajstić information content (AvgIpc) is 3.37. The number of benzene rings is 1. The molecule has 1 fully saturated rings. The van der Waals surface area contributed by atoms with Gasteiger partial charge in [-0.25, -0.2) is 13.2 Å². The van der Waals surface area contributed by atoms with Crippen molar-refractivity contribution in [3.63, 3.8) is 0 Å². The molecule has 1 amide bonds. The molecule has 5 heterocycles. The molecule has 2 atom stereocenters. The maximum Gasteiger partial charge on any atom is 0.258 e. The molecule has 9 heteroatoms. The second-order valence-electron chi connectivity index (χ2n) is 9.29. The van der Waals surface area contributed by atoms with Crippen molar-refractivity contribution < 1.29 is 18.0 Å². The van der Waals surface area contributed by atoms with Gasteiger partial charge in [-0.3, -0.25) is 14.2 Å². The Kier molecular flexibility index (Phi) is 4.64. The number of hydrogen-bond acceptors (Lipinski definition) is 3. The SMILES string of the molecule is Cn1nc2c(c1-c1cc(F)c(F)c(F)c1)C[C@@H]1CCC[C@H]2N1C(=O)c1cnn2c1CCCC2. The number of nitrogens with zero attached hydrogens (tertiary/aromatic N) is 5. The summed E-state index contributed by atoms with van der Waals surface area (Å²) in [4.78, 5) is 15.7. The number of hydrogen-bond donors (Lipinski definition) is 0. The standard InChI is InChI=1S/C24H24F3N5O/c1-30-23(13-9-17(25)21(27)18(26)10-13)15-11-14-5-4-7-20(22(15)29-30)32(14)24(33)16-12-28-31-8-3-2-6-19(16)31/h9-10,12,14,20H,2-8,11H2,1H3/t14-,20+/m0/s1. The van der Waals surface area contributed by atoms with Crippen molar-refractivity contribution in [2.75, 3.05) is 0 Å². The van der Waals surface area contributed by atoms with E-state index in [4.69, 9.17) is 5.10 Å². The first-order valence-corrected chi connectivity index (χ1v) is 11.5. The second-order valence-corrected chi connectivity index (χ2v) is 9.29. The molecule has 0 unspecified atom stereocenters. The second kappa shape index (κ2) is 7.46. The van der Waals surface area contributed by atoms with Gasteiger partial charge in [0.2, 0.25) is 0 Å². The van der Waals surface area contributed by atoms with Crippen molar-refractivity contribution in [2.24, 2.45) is 7.05 Å². The lowest BCUT2D eigenvalue weighted by atomic mass is 9.81. The first kappa shape index (κ1) is 20.5. The summed E-state index contributed by atoms with van der Waals surface area (Å²) < 4.78 is 45.1. The minimum Gasteiger partial charge on any atom is -0.327 e. The topological polar surface area (TPSA) is 56.0 Å². The summed E-state index contributed by atoms with van der Waals surface area (Å²) in [5, 5.41) is 9.13. The zero-order chi connectivity index (χ0) is 22.9. The Morgan fingerprint density at radius 2 is 1.88 bits per heavy atom. The molecule has 6 nitrogen and oxygen atoms in total. The van der Waals surface area contributed by atoms with Crippen LogP contribution in [0.4, 0.5) is 13.2 Å². The summed E-state index contributed by atoms with van der Waals surface area (Å²) >= 11 is 0. The quantitative estimate of drug-likeness (QED) is 0.541. The van der Waals surface area contributed by atoms with Crippen molar-refractivity contribution in [1.82, 2.24) is 24.5 Å². The van der Waals surface area contributed by atoms with E-state index in [-0.39, 0.29) is 23.6 Å². The third-order valence-corrected chi connectivity index (χ3v) is 7.38. The van der Waals surface area contributed by atoms with Gasteiger partial charge in [-0.15, -0.1) is 0 Å². The predicted molar refractivity (Wildman–Crippen MR) is 114 cm³/mol. The highest BCUT2D eigenvalue weighted by Crippen LogP contribution is 2.45. The molecule has 3 aromatic rings. The molecule has 1 saturated heterocycles. The molecule has 33 heavy (non-hydrogen) atoms. The van der Waals surface area contributed by atoms with Gasteiger partial charge in [0.15, 0.2) is 17.5 Å². The molecule has 2 aromatic heterocycles. The lowest BCUT2D eigenvalue weighted by Gasteiger charge is -2.45. The monoisotopic (exact) mass is 455 g/mol. The summed E-state index contributed by atoms with van der Waals surface area (Å²) in [5.74, 6) is -3.94. The van der Waals surface area contributed by atoms with Crippen LogP contribution >= 0.6 is 0 Å². The Labute approximate surface area is 189 Å². The van der Waals surface area contributed by atoms with Gasteiger partial charge in [0.25, 0.3) is 5.91 Å². The molecule has 6 rings (SSSR count). The molecule has 0 radical (unpaired) electrons. The van der Waals surface area contributed by atoms with Crippen LogP contribution in [0.1, 0.15) is 65.5 Å². The fourth-order valence-electron chi connectivity index (χ4n) is 5.94. The van der Waals surface area contributed by atoms with Crippen molar-refractivity contribution in [2.45, 2.75) is 63.6 Å². The van der Waals surface area contributed by atoms with Gasteiger partial charge >= 0.3 is 0 Å². The van der Waals surface area contributed by atoms with E-state index >= 15 is 0 Å². The van der Waals surface area contributed by atoms with Gasteiger partial charge in [-0.2, -0.15) is 10.2 Å². The zero-order valence-corrected chi connectivity index (χ0v) is 18.3. The highest BCUT2D eigenvalue weighted by Gasteiger charge is 2.44. The number of fused-ring (bicyclic) bond motifs is 5. The van der Waals surface area contributed by atoms with Crippen LogP contribution in [0.3, 0.4) is 0 Å². The third-order valence-electron chi connectivity index (χ3n) is 7.38. The van der Waals surface area contributed by atoms with Crippen molar-refractivity contribution in [3.05, 3.63) is 58.3 Å². The number of carbonyl (C=O) groups is 1. The molecule has 1 aromatic carbocycles. The zero-order valence-electron chi connectivity index (χ0n) is 18.3. The predicted octanol–water partition coefficient (Wildman–Crippen LogP) is 4.33. The van der Waals surface area contributed by atoms with E-state index in [1.54, 1.807) is 17.9 Å². The minimum atomic E-state index is -1.48. The Hall–Kier alpha value is -3.10. The summed E-state index contributed by atoms with van der Waals surface area (Å²) in [7, 11) is 1.72. The van der Waals surface area contributed by atoms with Crippen LogP contribution in [-0.2, 0) is 26.4 Å². The molecule has 0 N–H and O–H groups in total. The van der Waals surface area contributed by atoms with Gasteiger partial charge in [-0.1, -0.05) is 0 Å². The third kappa shape index (κ3) is 3.04. The molecule has 172 valence electrons. The van der Waals surface area contributed by atoms with Crippen LogP contribution in [0.25, 0.3) is 11.3 Å². The van der Waals surface area contributed by atoms with Gasteiger partial charge in [0, 0.05) is 30.8 Å². The number of aryl methyl sites for hydroxylation is 2. The number of aromatic nitrogens is 4. The summed E-state index contributed by atoms with van der Waals surface area (Å²) in [6, 6.07) is 1.81. The van der Waals surface area contributed by atoms with Crippen LogP contribution in [0.2, 0.25) is 0 Å². The van der Waals surface area contributed by atoms with Crippen LogP contribution in [0.15, 0.2) is 18.3 Å². The highest BCUT2D eigenvalue weighted by atomic mass is 19.2. The van der Waals surface area contributed by atoms with Gasteiger partial charge in [-0.05, 0) is 57.1 Å². The molecule has 3 aliphatic rings. The summed E-state index contributed by atoms with van der Waals surface area (Å²) in [6.45, 7) is 0.841. The normalized spacial score (nSPS) is 21.6. The van der Waals surface area contributed by atoms with Crippen molar-refractivity contribution in [3.8, 4) is 11.3 Å². The highest BCUT2D eigenvalue weighted by molar-refractivity contribution is 5.96. The minimum absolute atomic E-state index is 0.00965. The molecular weight excluding hydrogens is 431 g/mol. The Morgan fingerprint density at radius 1 is 1.09 bits per heavy atom. The van der Waals surface area contributed by atoms with Crippen LogP contribution in [-0.4, -0.2) is 36.4 Å². The summed E-state index contributed by atoms with van der Waals surface area (Å²) in [5.41, 5.74) is 4.17. The van der Waals surface area contributed by atoms with E-state index in [1.165, 1.54) is 0 Å². The van der Waals surface area contributed by atoms with Crippen molar-refractivity contribution in [1.29, 1.82) is 0 Å². The van der Waals surface area contributed by atoms with Crippen molar-refractivity contribution >= 4 is 5.91 Å². The molecule has 3 aliphatic heterocycles.